The summed E-state index contributed by atoms with van der Waals surface area (Å²) in [4.78, 5) is 4.40. The van der Waals surface area contributed by atoms with E-state index in [0.29, 0.717) is 12.0 Å². The first kappa shape index (κ1) is 11.9. The van der Waals surface area contributed by atoms with E-state index < -0.39 is 0 Å². The highest BCUT2D eigenvalue weighted by Gasteiger charge is 2.21. The fourth-order valence-electron chi connectivity index (χ4n) is 1.21. The maximum Gasteiger partial charge on any atom is 0.210 e. The molecule has 0 spiro atoms. The molecule has 0 unspecified atom stereocenters. The van der Waals surface area contributed by atoms with Crippen LogP contribution in [-0.4, -0.2) is 12.0 Å². The lowest BCUT2D eigenvalue weighted by molar-refractivity contribution is 0.966. The Labute approximate surface area is 111 Å². The van der Waals surface area contributed by atoms with Gasteiger partial charge in [-0.3, -0.25) is 5.43 Å². The number of rotatable bonds is 2. The zero-order valence-electron chi connectivity index (χ0n) is 8.50. The van der Waals surface area contributed by atoms with Crippen LogP contribution < -0.4 is 16.6 Å². The van der Waals surface area contributed by atoms with Gasteiger partial charge in [0.25, 0.3) is 0 Å². The summed E-state index contributed by atoms with van der Waals surface area (Å²) in [7, 11) is 0. The maximum absolute atomic E-state index is 5.41. The molecule has 4 nitrogen and oxygen atoms in total. The van der Waals surface area contributed by atoms with Gasteiger partial charge >= 0.3 is 0 Å². The molecule has 0 saturated heterocycles. The largest absolute Gasteiger partial charge is 0.324 e. The quantitative estimate of drug-likeness (QED) is 0.333. The fourth-order valence-corrected chi connectivity index (χ4v) is 2.36. The van der Waals surface area contributed by atoms with E-state index >= 15 is 0 Å². The molecule has 0 radical (unpaired) electrons. The van der Waals surface area contributed by atoms with Crippen molar-refractivity contribution in [3.8, 4) is 0 Å². The second-order valence-electron chi connectivity index (χ2n) is 3.60. The Morgan fingerprint density at radius 2 is 2.12 bits per heavy atom. The lowest BCUT2D eigenvalue weighted by atomic mass is 10.3. The van der Waals surface area contributed by atoms with E-state index in [1.165, 1.54) is 0 Å². The van der Waals surface area contributed by atoms with Gasteiger partial charge in [-0.1, -0.05) is 15.9 Å². The minimum absolute atomic E-state index is 0.424. The van der Waals surface area contributed by atoms with E-state index in [1.807, 2.05) is 18.2 Å². The second kappa shape index (κ2) is 5.16. The third-order valence-electron chi connectivity index (χ3n) is 2.18. The Kier molecular flexibility index (Phi) is 3.83. The molecular formula is C10H12Br2N4. The number of nitrogens with two attached hydrogens (primary N) is 1. The van der Waals surface area contributed by atoms with Crippen LogP contribution in [0.4, 0.5) is 5.69 Å². The monoisotopic (exact) mass is 346 g/mol. The van der Waals surface area contributed by atoms with Crippen molar-refractivity contribution in [1.29, 1.82) is 0 Å². The number of hydrogen-bond donors (Lipinski definition) is 3. The highest BCUT2D eigenvalue weighted by molar-refractivity contribution is 9.11. The Morgan fingerprint density at radius 3 is 2.69 bits per heavy atom. The minimum Gasteiger partial charge on any atom is -0.324 e. The van der Waals surface area contributed by atoms with Gasteiger partial charge in [0.05, 0.1) is 11.7 Å². The molecule has 0 aromatic heterocycles. The lowest BCUT2D eigenvalue weighted by Gasteiger charge is -2.10. The van der Waals surface area contributed by atoms with Crippen LogP contribution in [0.15, 0.2) is 32.1 Å². The number of hydrazine groups is 1. The minimum atomic E-state index is 0.424. The summed E-state index contributed by atoms with van der Waals surface area (Å²) in [6.07, 6.45) is 2.29. The molecule has 4 N–H and O–H groups in total. The van der Waals surface area contributed by atoms with Crippen molar-refractivity contribution >= 4 is 43.5 Å². The number of guanidine groups is 1. The molecule has 2 rings (SSSR count). The van der Waals surface area contributed by atoms with Crippen LogP contribution in [0.2, 0.25) is 0 Å². The third kappa shape index (κ3) is 3.20. The summed E-state index contributed by atoms with van der Waals surface area (Å²) in [6.45, 7) is 0. The predicted molar refractivity (Wildman–Crippen MR) is 73.2 cm³/mol. The van der Waals surface area contributed by atoms with Gasteiger partial charge in [0.2, 0.25) is 5.96 Å². The number of halogens is 2. The lowest BCUT2D eigenvalue weighted by Crippen LogP contribution is -2.36. The molecule has 0 heterocycles. The van der Waals surface area contributed by atoms with E-state index in [-0.39, 0.29) is 0 Å². The summed E-state index contributed by atoms with van der Waals surface area (Å²) in [5.74, 6) is 6.01. The molecule has 1 fully saturated rings. The van der Waals surface area contributed by atoms with Gasteiger partial charge in [0, 0.05) is 8.95 Å². The SMILES string of the molecule is NNC(=NC1CC1)Nc1ccc(Br)cc1Br. The molecule has 16 heavy (non-hydrogen) atoms. The van der Waals surface area contributed by atoms with Crippen LogP contribution >= 0.6 is 31.9 Å². The van der Waals surface area contributed by atoms with E-state index in [0.717, 1.165) is 27.5 Å². The smallest absolute Gasteiger partial charge is 0.210 e. The van der Waals surface area contributed by atoms with Crippen LogP contribution in [0.1, 0.15) is 12.8 Å². The fraction of sp³-hybridized carbons (Fsp3) is 0.300. The highest BCUT2D eigenvalue weighted by Crippen LogP contribution is 2.27. The van der Waals surface area contributed by atoms with Crippen molar-refractivity contribution in [3.63, 3.8) is 0 Å². The van der Waals surface area contributed by atoms with Crippen LogP contribution in [-0.2, 0) is 0 Å². The first-order valence-corrected chi connectivity index (χ1v) is 6.54. The summed E-state index contributed by atoms with van der Waals surface area (Å²) in [5.41, 5.74) is 3.50. The van der Waals surface area contributed by atoms with E-state index in [2.05, 4.69) is 47.6 Å². The topological polar surface area (TPSA) is 62.4 Å². The van der Waals surface area contributed by atoms with Crippen molar-refractivity contribution in [1.82, 2.24) is 5.43 Å². The molecule has 1 aromatic rings. The predicted octanol–water partition coefficient (Wildman–Crippen LogP) is 2.61. The molecule has 1 aliphatic carbocycles. The number of anilines is 1. The molecule has 1 saturated carbocycles. The van der Waals surface area contributed by atoms with Crippen molar-refractivity contribution in [2.75, 3.05) is 5.32 Å². The Balaban J connectivity index is 2.12. The Bertz CT molecular complexity index is 415. The number of hydrogen-bond acceptors (Lipinski definition) is 2. The summed E-state index contributed by atoms with van der Waals surface area (Å²) in [5, 5.41) is 3.14. The van der Waals surface area contributed by atoms with Gasteiger partial charge in [0.15, 0.2) is 0 Å². The highest BCUT2D eigenvalue weighted by atomic mass is 79.9. The number of nitrogens with zero attached hydrogens (tertiary/aromatic N) is 1. The molecule has 0 aliphatic heterocycles. The second-order valence-corrected chi connectivity index (χ2v) is 5.37. The normalized spacial score (nSPS) is 16.1. The zero-order chi connectivity index (χ0) is 11.5. The maximum atomic E-state index is 5.41. The number of benzene rings is 1. The first-order valence-electron chi connectivity index (χ1n) is 4.95. The van der Waals surface area contributed by atoms with Crippen LogP contribution in [0.3, 0.4) is 0 Å². The number of nitrogens with one attached hydrogen (secondary N) is 2. The van der Waals surface area contributed by atoms with Gasteiger partial charge in [-0.2, -0.15) is 0 Å². The molecule has 0 bridgehead atoms. The van der Waals surface area contributed by atoms with Gasteiger partial charge in [0.1, 0.15) is 0 Å². The standard InChI is InChI=1S/C10H12Br2N4/c11-6-1-4-9(8(12)5-6)15-10(16-13)14-7-2-3-7/h1,4-5,7H,2-3,13H2,(H2,14,15,16). The zero-order valence-corrected chi connectivity index (χ0v) is 11.7. The Morgan fingerprint density at radius 1 is 1.38 bits per heavy atom. The van der Waals surface area contributed by atoms with Crippen LogP contribution in [0.25, 0.3) is 0 Å². The molecule has 0 amide bonds. The van der Waals surface area contributed by atoms with Gasteiger partial charge in [-0.25, -0.2) is 10.8 Å². The summed E-state index contributed by atoms with van der Waals surface area (Å²) in [6, 6.07) is 6.30. The number of aliphatic imine (C=N–C) groups is 1. The molecular weight excluding hydrogens is 336 g/mol. The van der Waals surface area contributed by atoms with E-state index in [4.69, 9.17) is 5.84 Å². The molecule has 6 heteroatoms. The van der Waals surface area contributed by atoms with Gasteiger partial charge < -0.3 is 5.32 Å². The average molecular weight is 348 g/mol. The molecule has 0 atom stereocenters. The van der Waals surface area contributed by atoms with Crippen LogP contribution in [0.5, 0.6) is 0 Å². The summed E-state index contributed by atoms with van der Waals surface area (Å²) >= 11 is 6.87. The first-order chi connectivity index (χ1) is 7.69. The van der Waals surface area contributed by atoms with Gasteiger partial charge in [-0.05, 0) is 47.0 Å². The molecule has 1 aliphatic rings. The molecule has 1 aromatic carbocycles. The van der Waals surface area contributed by atoms with Crippen molar-refractivity contribution in [2.24, 2.45) is 10.8 Å². The Hall–Kier alpha value is -0.590. The third-order valence-corrected chi connectivity index (χ3v) is 3.33. The van der Waals surface area contributed by atoms with E-state index in [9.17, 15) is 0 Å². The van der Waals surface area contributed by atoms with Gasteiger partial charge in [-0.15, -0.1) is 0 Å². The summed E-state index contributed by atoms with van der Waals surface area (Å²) < 4.78 is 1.98. The average Bonchev–Trinajstić information content (AvgIpc) is 3.04. The van der Waals surface area contributed by atoms with E-state index in [1.54, 1.807) is 0 Å². The van der Waals surface area contributed by atoms with Crippen LogP contribution in [0, 0.1) is 0 Å². The van der Waals surface area contributed by atoms with Crippen molar-refractivity contribution in [2.45, 2.75) is 18.9 Å². The van der Waals surface area contributed by atoms with Crippen molar-refractivity contribution in [3.05, 3.63) is 27.1 Å². The molecule has 86 valence electrons. The van der Waals surface area contributed by atoms with Crippen molar-refractivity contribution < 1.29 is 0 Å².